The van der Waals surface area contributed by atoms with Crippen molar-refractivity contribution in [3.63, 3.8) is 0 Å². The van der Waals surface area contributed by atoms with Crippen LogP contribution in [0.1, 0.15) is 29.6 Å². The van der Waals surface area contributed by atoms with Crippen LogP contribution in [0.15, 0.2) is 78.9 Å². The van der Waals surface area contributed by atoms with Crippen molar-refractivity contribution in [2.24, 2.45) is 0 Å². The lowest BCUT2D eigenvalue weighted by molar-refractivity contribution is -0.114. The molecule has 0 radical (unpaired) electrons. The molecule has 9 heteroatoms. The number of nitrogens with one attached hydrogen (secondary N) is 1. The summed E-state index contributed by atoms with van der Waals surface area (Å²) in [7, 11) is -3.76. The van der Waals surface area contributed by atoms with Gasteiger partial charge in [-0.3, -0.25) is 13.9 Å². The van der Waals surface area contributed by atoms with Crippen molar-refractivity contribution in [1.29, 1.82) is 0 Å². The Morgan fingerprint density at radius 2 is 1.47 bits per heavy atom. The molecule has 0 saturated carbocycles. The SMILES string of the molecule is CS(=O)(=O)N(CC(=O)Nc1ccccc1C(=O)N1CCCCC1)c1ccc(Oc2ccccc2)cc1. The van der Waals surface area contributed by atoms with Gasteiger partial charge in [-0.15, -0.1) is 0 Å². The fraction of sp³-hybridized carbons (Fsp3) is 0.259. The van der Waals surface area contributed by atoms with Crippen molar-refractivity contribution in [3.05, 3.63) is 84.4 Å². The maximum atomic E-state index is 13.0. The van der Waals surface area contributed by atoms with Crippen LogP contribution in [-0.4, -0.2) is 51.0 Å². The quantitative estimate of drug-likeness (QED) is 0.484. The summed E-state index contributed by atoms with van der Waals surface area (Å²) in [6, 6.07) is 22.5. The molecule has 1 fully saturated rings. The molecular formula is C27H29N3O5S. The van der Waals surface area contributed by atoms with E-state index >= 15 is 0 Å². The Hall–Kier alpha value is -3.85. The van der Waals surface area contributed by atoms with Gasteiger partial charge in [0.1, 0.15) is 18.0 Å². The number of sulfonamides is 1. The molecule has 1 N–H and O–H groups in total. The molecule has 1 aliphatic heterocycles. The topological polar surface area (TPSA) is 96.0 Å². The Balaban J connectivity index is 1.48. The number of hydrogen-bond acceptors (Lipinski definition) is 5. The third kappa shape index (κ3) is 6.42. The fourth-order valence-corrected chi connectivity index (χ4v) is 4.93. The van der Waals surface area contributed by atoms with Gasteiger partial charge in [0.2, 0.25) is 15.9 Å². The van der Waals surface area contributed by atoms with E-state index in [1.54, 1.807) is 53.4 Å². The minimum Gasteiger partial charge on any atom is -0.457 e. The van der Waals surface area contributed by atoms with Crippen LogP contribution in [0.25, 0.3) is 0 Å². The van der Waals surface area contributed by atoms with Crippen LogP contribution in [0.4, 0.5) is 11.4 Å². The summed E-state index contributed by atoms with van der Waals surface area (Å²) < 4.78 is 31.8. The second-order valence-corrected chi connectivity index (χ2v) is 10.5. The molecule has 0 aliphatic carbocycles. The Labute approximate surface area is 211 Å². The third-order valence-electron chi connectivity index (χ3n) is 5.87. The molecule has 3 aromatic rings. The normalized spacial score (nSPS) is 13.6. The number of carbonyl (C=O) groups excluding carboxylic acids is 2. The van der Waals surface area contributed by atoms with E-state index in [4.69, 9.17) is 4.74 Å². The number of nitrogens with zero attached hydrogens (tertiary/aromatic N) is 2. The van der Waals surface area contributed by atoms with E-state index in [1.165, 1.54) is 0 Å². The van der Waals surface area contributed by atoms with Gasteiger partial charge < -0.3 is 15.0 Å². The molecule has 0 aromatic heterocycles. The number of ether oxygens (including phenoxy) is 1. The summed E-state index contributed by atoms with van der Waals surface area (Å²) in [6.45, 7) is 0.934. The van der Waals surface area contributed by atoms with Crippen LogP contribution in [0.5, 0.6) is 11.5 Å². The number of rotatable bonds is 8. The minimum atomic E-state index is -3.76. The monoisotopic (exact) mass is 507 g/mol. The second kappa shape index (κ2) is 11.3. The summed E-state index contributed by atoms with van der Waals surface area (Å²) in [6.07, 6.45) is 4.06. The first-order valence-electron chi connectivity index (χ1n) is 11.8. The summed E-state index contributed by atoms with van der Waals surface area (Å²) in [5.74, 6) is 0.499. The van der Waals surface area contributed by atoms with E-state index < -0.39 is 22.5 Å². The Morgan fingerprint density at radius 3 is 2.14 bits per heavy atom. The van der Waals surface area contributed by atoms with E-state index in [-0.39, 0.29) is 5.91 Å². The summed E-state index contributed by atoms with van der Waals surface area (Å²) in [5, 5.41) is 2.73. The number of para-hydroxylation sites is 2. The predicted molar refractivity (Wildman–Crippen MR) is 140 cm³/mol. The molecule has 4 rings (SSSR count). The molecule has 0 unspecified atom stereocenters. The van der Waals surface area contributed by atoms with Crippen molar-refractivity contribution in [1.82, 2.24) is 4.90 Å². The molecule has 1 aliphatic rings. The van der Waals surface area contributed by atoms with Crippen molar-refractivity contribution in [2.75, 3.05) is 35.5 Å². The van der Waals surface area contributed by atoms with Crippen LogP contribution >= 0.6 is 0 Å². The fourth-order valence-electron chi connectivity index (χ4n) is 4.07. The van der Waals surface area contributed by atoms with Crippen molar-refractivity contribution >= 4 is 33.2 Å². The molecule has 2 amide bonds. The highest BCUT2D eigenvalue weighted by Crippen LogP contribution is 2.26. The van der Waals surface area contributed by atoms with Crippen LogP contribution in [0.2, 0.25) is 0 Å². The van der Waals surface area contributed by atoms with Crippen molar-refractivity contribution < 1.29 is 22.7 Å². The number of hydrogen-bond donors (Lipinski definition) is 1. The molecule has 0 bridgehead atoms. The van der Waals surface area contributed by atoms with Crippen LogP contribution < -0.4 is 14.4 Å². The van der Waals surface area contributed by atoms with Crippen LogP contribution in [0.3, 0.4) is 0 Å². The average molecular weight is 508 g/mol. The lowest BCUT2D eigenvalue weighted by atomic mass is 10.1. The number of carbonyl (C=O) groups is 2. The third-order valence-corrected chi connectivity index (χ3v) is 7.01. The zero-order chi connectivity index (χ0) is 25.5. The summed E-state index contributed by atoms with van der Waals surface area (Å²) >= 11 is 0. The molecule has 0 atom stereocenters. The first-order valence-corrected chi connectivity index (χ1v) is 13.6. The molecule has 3 aromatic carbocycles. The molecule has 0 spiro atoms. The van der Waals surface area contributed by atoms with Gasteiger partial charge in [0.15, 0.2) is 0 Å². The van der Waals surface area contributed by atoms with E-state index in [0.717, 1.165) is 29.8 Å². The standard InChI is InChI=1S/C27H29N3O5S/c1-36(33,34)30(21-14-16-23(17-15-21)35-22-10-4-2-5-11-22)20-26(31)28-25-13-7-6-12-24(25)27(32)29-18-8-3-9-19-29/h2,4-7,10-17H,3,8-9,18-20H2,1H3,(H,28,31). The minimum absolute atomic E-state index is 0.139. The lowest BCUT2D eigenvalue weighted by Crippen LogP contribution is -2.38. The van der Waals surface area contributed by atoms with Gasteiger partial charge >= 0.3 is 0 Å². The first-order chi connectivity index (χ1) is 17.3. The van der Waals surface area contributed by atoms with Gasteiger partial charge in [-0.1, -0.05) is 30.3 Å². The zero-order valence-electron chi connectivity index (χ0n) is 20.1. The highest BCUT2D eigenvalue weighted by Gasteiger charge is 2.24. The lowest BCUT2D eigenvalue weighted by Gasteiger charge is -2.27. The maximum Gasteiger partial charge on any atom is 0.255 e. The predicted octanol–water partition coefficient (Wildman–Crippen LogP) is 4.51. The number of benzene rings is 3. The number of likely N-dealkylation sites (tertiary alicyclic amines) is 1. The Morgan fingerprint density at radius 1 is 0.861 bits per heavy atom. The molecule has 188 valence electrons. The van der Waals surface area contributed by atoms with E-state index in [9.17, 15) is 18.0 Å². The van der Waals surface area contributed by atoms with E-state index in [0.29, 0.717) is 41.5 Å². The van der Waals surface area contributed by atoms with E-state index in [1.807, 2.05) is 30.3 Å². The van der Waals surface area contributed by atoms with Crippen molar-refractivity contribution in [2.45, 2.75) is 19.3 Å². The molecule has 36 heavy (non-hydrogen) atoms. The molecule has 1 heterocycles. The van der Waals surface area contributed by atoms with Gasteiger partial charge in [-0.25, -0.2) is 8.42 Å². The van der Waals surface area contributed by atoms with Crippen LogP contribution in [-0.2, 0) is 14.8 Å². The summed E-state index contributed by atoms with van der Waals surface area (Å²) in [4.78, 5) is 27.7. The van der Waals surface area contributed by atoms with Gasteiger partial charge in [-0.05, 0) is 67.8 Å². The molecular weight excluding hydrogens is 478 g/mol. The Kier molecular flexibility index (Phi) is 7.90. The highest BCUT2D eigenvalue weighted by atomic mass is 32.2. The number of amides is 2. The number of piperidine rings is 1. The van der Waals surface area contributed by atoms with Gasteiger partial charge in [0, 0.05) is 13.1 Å². The van der Waals surface area contributed by atoms with Crippen LogP contribution in [0, 0.1) is 0 Å². The first kappa shape index (κ1) is 25.2. The highest BCUT2D eigenvalue weighted by molar-refractivity contribution is 7.92. The molecule has 1 saturated heterocycles. The van der Waals surface area contributed by atoms with Gasteiger partial charge in [0.25, 0.3) is 5.91 Å². The van der Waals surface area contributed by atoms with E-state index in [2.05, 4.69) is 5.32 Å². The second-order valence-electron chi connectivity index (χ2n) is 8.63. The van der Waals surface area contributed by atoms with Gasteiger partial charge in [-0.2, -0.15) is 0 Å². The van der Waals surface area contributed by atoms with Crippen molar-refractivity contribution in [3.8, 4) is 11.5 Å². The average Bonchev–Trinajstić information content (AvgIpc) is 2.88. The largest absolute Gasteiger partial charge is 0.457 e. The number of anilines is 2. The maximum absolute atomic E-state index is 13.0. The van der Waals surface area contributed by atoms with Gasteiger partial charge in [0.05, 0.1) is 23.2 Å². The Bertz CT molecular complexity index is 1300. The molecule has 8 nitrogen and oxygen atoms in total. The zero-order valence-corrected chi connectivity index (χ0v) is 20.9. The summed E-state index contributed by atoms with van der Waals surface area (Å²) in [5.41, 5.74) is 1.07. The smallest absolute Gasteiger partial charge is 0.255 e.